The molecule has 0 aliphatic rings. The predicted molar refractivity (Wildman–Crippen MR) is 67.4 cm³/mol. The third-order valence-electron chi connectivity index (χ3n) is 2.81. The Labute approximate surface area is 111 Å². The summed E-state index contributed by atoms with van der Waals surface area (Å²) < 4.78 is 4.68. The molecule has 0 aromatic rings. The van der Waals surface area contributed by atoms with Crippen LogP contribution >= 0.6 is 0 Å². The van der Waals surface area contributed by atoms with Gasteiger partial charge in [-0.1, -0.05) is 20.3 Å². The van der Waals surface area contributed by atoms with Crippen LogP contribution in [0.4, 0.5) is 4.79 Å². The second-order valence-corrected chi connectivity index (χ2v) is 4.18. The molecule has 8 nitrogen and oxygen atoms in total. The predicted octanol–water partition coefficient (Wildman–Crippen LogP) is -0.715. The molecular weight excluding hydrogens is 254 g/mol. The van der Waals surface area contributed by atoms with E-state index in [2.05, 4.69) is 15.4 Å². The molecule has 0 heterocycles. The molecule has 0 radical (unpaired) electrons. The maximum Gasteiger partial charge on any atom is 0.334 e. The molecule has 0 saturated carbocycles. The van der Waals surface area contributed by atoms with Crippen molar-refractivity contribution >= 4 is 17.9 Å². The Morgan fingerprint density at radius 3 is 2.32 bits per heavy atom. The van der Waals surface area contributed by atoms with Crippen LogP contribution in [0.1, 0.15) is 20.3 Å². The first kappa shape index (κ1) is 17.2. The number of ether oxygens (including phenoxy) is 1. The van der Waals surface area contributed by atoms with Gasteiger partial charge in [0.1, 0.15) is 6.04 Å². The van der Waals surface area contributed by atoms with Crippen molar-refractivity contribution in [3.8, 4) is 0 Å². The lowest BCUT2D eigenvalue weighted by molar-refractivity contribution is -0.148. The van der Waals surface area contributed by atoms with Crippen molar-refractivity contribution < 1.29 is 24.2 Å². The molecule has 5 N–H and O–H groups in total. The number of methoxy groups -OCH3 is 1. The van der Waals surface area contributed by atoms with Gasteiger partial charge in [-0.2, -0.15) is 0 Å². The Bertz CT molecular complexity index is 334. The number of carboxylic acid groups (broad SMARTS) is 1. The summed E-state index contributed by atoms with van der Waals surface area (Å²) in [6.07, 6.45) is -0.472. The van der Waals surface area contributed by atoms with Crippen molar-refractivity contribution in [1.29, 1.82) is 0 Å². The fraction of sp³-hybridized carbons (Fsp3) is 0.727. The molecule has 110 valence electrons. The van der Waals surface area contributed by atoms with Crippen molar-refractivity contribution in [2.45, 2.75) is 32.4 Å². The summed E-state index contributed by atoms with van der Waals surface area (Å²) in [5, 5.41) is 13.5. The largest absolute Gasteiger partial charge is 0.479 e. The molecule has 0 rings (SSSR count). The third kappa shape index (κ3) is 6.05. The molecule has 0 saturated heterocycles. The minimum absolute atomic E-state index is 0.127. The van der Waals surface area contributed by atoms with Gasteiger partial charge in [-0.05, 0) is 5.92 Å². The topological polar surface area (TPSA) is 131 Å². The van der Waals surface area contributed by atoms with E-state index in [0.717, 1.165) is 0 Å². The smallest absolute Gasteiger partial charge is 0.334 e. The van der Waals surface area contributed by atoms with Gasteiger partial charge in [-0.3, -0.25) is 4.79 Å². The van der Waals surface area contributed by atoms with Gasteiger partial charge in [0, 0.05) is 7.11 Å². The zero-order valence-corrected chi connectivity index (χ0v) is 11.3. The zero-order chi connectivity index (χ0) is 15.0. The van der Waals surface area contributed by atoms with E-state index in [-0.39, 0.29) is 12.5 Å². The molecule has 3 atom stereocenters. The number of nitrogens with one attached hydrogen (secondary N) is 2. The maximum atomic E-state index is 11.9. The van der Waals surface area contributed by atoms with Crippen molar-refractivity contribution in [3.05, 3.63) is 0 Å². The summed E-state index contributed by atoms with van der Waals surface area (Å²) in [6.45, 7) is 3.46. The number of hydrogen-bond donors (Lipinski definition) is 4. The van der Waals surface area contributed by atoms with Crippen LogP contribution in [-0.2, 0) is 14.3 Å². The minimum atomic E-state index is -1.18. The van der Waals surface area contributed by atoms with Crippen LogP contribution < -0.4 is 16.4 Å². The first-order chi connectivity index (χ1) is 8.83. The Balaban J connectivity index is 4.55. The van der Waals surface area contributed by atoms with E-state index < -0.39 is 30.1 Å². The molecule has 0 aromatic carbocycles. The van der Waals surface area contributed by atoms with E-state index in [4.69, 9.17) is 10.8 Å². The molecule has 0 fully saturated rings. The van der Waals surface area contributed by atoms with Gasteiger partial charge in [0.15, 0.2) is 6.10 Å². The fourth-order valence-corrected chi connectivity index (χ4v) is 1.43. The number of rotatable bonds is 8. The van der Waals surface area contributed by atoms with Crippen LogP contribution in [0.5, 0.6) is 0 Å². The number of urea groups is 1. The number of nitrogens with two attached hydrogens (primary N) is 1. The van der Waals surface area contributed by atoms with Gasteiger partial charge >= 0.3 is 12.0 Å². The summed E-state index contributed by atoms with van der Waals surface area (Å²) in [5.74, 6) is -1.79. The Morgan fingerprint density at radius 2 is 1.95 bits per heavy atom. The van der Waals surface area contributed by atoms with E-state index in [9.17, 15) is 14.4 Å². The van der Waals surface area contributed by atoms with Gasteiger partial charge in [0.2, 0.25) is 5.91 Å². The highest BCUT2D eigenvalue weighted by Gasteiger charge is 2.26. The zero-order valence-electron chi connectivity index (χ0n) is 11.3. The molecule has 8 heteroatoms. The lowest BCUT2D eigenvalue weighted by atomic mass is 9.98. The minimum Gasteiger partial charge on any atom is -0.479 e. The molecule has 19 heavy (non-hydrogen) atoms. The van der Waals surface area contributed by atoms with Gasteiger partial charge < -0.3 is 26.2 Å². The van der Waals surface area contributed by atoms with Gasteiger partial charge in [0.05, 0.1) is 6.54 Å². The number of carbonyl (C=O) groups is 3. The quantitative estimate of drug-likeness (QED) is 0.464. The van der Waals surface area contributed by atoms with Crippen molar-refractivity contribution in [2.24, 2.45) is 11.7 Å². The summed E-state index contributed by atoms with van der Waals surface area (Å²) >= 11 is 0. The van der Waals surface area contributed by atoms with E-state index in [1.165, 1.54) is 7.11 Å². The molecular formula is C11H21N3O5. The van der Waals surface area contributed by atoms with E-state index in [1.807, 2.05) is 6.92 Å². The van der Waals surface area contributed by atoms with Gasteiger partial charge in [-0.25, -0.2) is 9.59 Å². The van der Waals surface area contributed by atoms with E-state index in [0.29, 0.717) is 6.42 Å². The summed E-state index contributed by atoms with van der Waals surface area (Å²) in [6, 6.07) is -1.60. The number of carboxylic acids is 1. The van der Waals surface area contributed by atoms with E-state index in [1.54, 1.807) is 6.92 Å². The van der Waals surface area contributed by atoms with Crippen LogP contribution in [-0.4, -0.2) is 48.8 Å². The molecule has 0 bridgehead atoms. The van der Waals surface area contributed by atoms with Crippen LogP contribution in [0.25, 0.3) is 0 Å². The number of hydrogen-bond acceptors (Lipinski definition) is 4. The Hall–Kier alpha value is -1.83. The Kier molecular flexibility index (Phi) is 7.50. The normalized spacial score (nSPS) is 15.1. The first-order valence-corrected chi connectivity index (χ1v) is 5.92. The average molecular weight is 275 g/mol. The average Bonchev–Trinajstić information content (AvgIpc) is 2.34. The molecule has 0 aromatic heterocycles. The van der Waals surface area contributed by atoms with E-state index >= 15 is 0 Å². The monoisotopic (exact) mass is 275 g/mol. The molecule has 3 amide bonds. The highest BCUT2D eigenvalue weighted by molar-refractivity contribution is 5.87. The van der Waals surface area contributed by atoms with Gasteiger partial charge in [0.25, 0.3) is 0 Å². The summed E-state index contributed by atoms with van der Waals surface area (Å²) in [4.78, 5) is 33.5. The molecule has 0 aliphatic heterocycles. The highest BCUT2D eigenvalue weighted by Crippen LogP contribution is 2.07. The summed E-state index contributed by atoms with van der Waals surface area (Å²) in [5.41, 5.74) is 5.01. The second kappa shape index (κ2) is 8.30. The third-order valence-corrected chi connectivity index (χ3v) is 2.81. The number of primary amides is 1. The Morgan fingerprint density at radius 1 is 1.37 bits per heavy atom. The lowest BCUT2D eigenvalue weighted by Gasteiger charge is -2.23. The highest BCUT2D eigenvalue weighted by atomic mass is 16.5. The standard InChI is InChI=1S/C11H21N3O5/c1-4-6(2)8(14-11(12)18)9(15)13-5-7(19-3)10(16)17/h6-8H,4-5H2,1-3H3,(H,13,15)(H,16,17)(H3,12,14,18). The van der Waals surface area contributed by atoms with Crippen molar-refractivity contribution in [3.63, 3.8) is 0 Å². The van der Waals surface area contributed by atoms with Gasteiger partial charge in [-0.15, -0.1) is 0 Å². The van der Waals surface area contributed by atoms with Crippen LogP contribution in [0, 0.1) is 5.92 Å². The number of amides is 3. The molecule has 0 spiro atoms. The number of aliphatic carboxylic acids is 1. The first-order valence-electron chi connectivity index (χ1n) is 5.92. The SMILES string of the molecule is CCC(C)C(NC(N)=O)C(=O)NCC(OC)C(=O)O. The maximum absolute atomic E-state index is 11.9. The van der Waals surface area contributed by atoms with Crippen LogP contribution in [0.15, 0.2) is 0 Å². The second-order valence-electron chi connectivity index (χ2n) is 4.18. The van der Waals surface area contributed by atoms with Crippen molar-refractivity contribution in [2.75, 3.05) is 13.7 Å². The number of carbonyl (C=O) groups excluding carboxylic acids is 2. The lowest BCUT2D eigenvalue weighted by Crippen LogP contribution is -2.53. The van der Waals surface area contributed by atoms with Crippen molar-refractivity contribution in [1.82, 2.24) is 10.6 Å². The van der Waals surface area contributed by atoms with Crippen LogP contribution in [0.3, 0.4) is 0 Å². The molecule has 3 unspecified atom stereocenters. The fourth-order valence-electron chi connectivity index (χ4n) is 1.43. The summed E-state index contributed by atoms with van der Waals surface area (Å²) in [7, 11) is 1.23. The van der Waals surface area contributed by atoms with Crippen LogP contribution in [0.2, 0.25) is 0 Å². The molecule has 0 aliphatic carbocycles.